The molecule has 1 aliphatic heterocycles. The highest BCUT2D eigenvalue weighted by atomic mass is 16.5. The van der Waals surface area contributed by atoms with Gasteiger partial charge in [-0.1, -0.05) is 12.1 Å². The van der Waals surface area contributed by atoms with Crippen LogP contribution in [-0.2, 0) is 4.79 Å². The molecule has 1 amide bonds. The van der Waals surface area contributed by atoms with Crippen LogP contribution in [0.2, 0.25) is 0 Å². The van der Waals surface area contributed by atoms with Crippen molar-refractivity contribution in [2.45, 2.75) is 19.4 Å². The number of hydrogen-bond donors (Lipinski definition) is 1. The molecular formula is C13H17NO3. The molecule has 0 spiro atoms. The SMILES string of the molecule is COc1ccccc1N1C(=O)CC(CO)C1C. The molecule has 4 nitrogen and oxygen atoms in total. The van der Waals surface area contributed by atoms with Crippen molar-refractivity contribution in [3.63, 3.8) is 0 Å². The maximum atomic E-state index is 12.0. The van der Waals surface area contributed by atoms with Crippen LogP contribution in [0.1, 0.15) is 13.3 Å². The van der Waals surface area contributed by atoms with Gasteiger partial charge in [0.1, 0.15) is 5.75 Å². The number of anilines is 1. The first kappa shape index (κ1) is 11.9. The van der Waals surface area contributed by atoms with E-state index in [1.165, 1.54) is 0 Å². The minimum Gasteiger partial charge on any atom is -0.495 e. The minimum absolute atomic E-state index is 0.00352. The predicted molar refractivity (Wildman–Crippen MR) is 65.1 cm³/mol. The molecule has 2 rings (SSSR count). The van der Waals surface area contributed by atoms with Gasteiger partial charge in [-0.25, -0.2) is 0 Å². The second kappa shape index (κ2) is 4.75. The normalized spacial score (nSPS) is 24.2. The number of rotatable bonds is 3. The van der Waals surface area contributed by atoms with E-state index >= 15 is 0 Å². The summed E-state index contributed by atoms with van der Waals surface area (Å²) in [4.78, 5) is 13.7. The van der Waals surface area contributed by atoms with Gasteiger partial charge in [0, 0.05) is 25.0 Å². The second-order valence-electron chi connectivity index (χ2n) is 4.32. The van der Waals surface area contributed by atoms with Crippen LogP contribution in [0, 0.1) is 5.92 Å². The third-order valence-electron chi connectivity index (χ3n) is 3.37. The molecule has 1 saturated heterocycles. The van der Waals surface area contributed by atoms with Crippen LogP contribution in [0.25, 0.3) is 0 Å². The molecule has 17 heavy (non-hydrogen) atoms. The van der Waals surface area contributed by atoms with E-state index in [-0.39, 0.29) is 24.5 Å². The topological polar surface area (TPSA) is 49.8 Å². The van der Waals surface area contributed by atoms with Gasteiger partial charge in [-0.15, -0.1) is 0 Å². The molecule has 1 aliphatic rings. The van der Waals surface area contributed by atoms with Gasteiger partial charge in [-0.05, 0) is 19.1 Å². The molecule has 0 saturated carbocycles. The number of aliphatic hydroxyl groups is 1. The van der Waals surface area contributed by atoms with Gasteiger partial charge < -0.3 is 14.7 Å². The largest absolute Gasteiger partial charge is 0.495 e. The highest BCUT2D eigenvalue weighted by Crippen LogP contribution is 2.36. The third-order valence-corrected chi connectivity index (χ3v) is 3.37. The van der Waals surface area contributed by atoms with Crippen LogP contribution in [0.4, 0.5) is 5.69 Å². The monoisotopic (exact) mass is 235 g/mol. The van der Waals surface area contributed by atoms with Gasteiger partial charge in [0.05, 0.1) is 12.8 Å². The first-order valence-electron chi connectivity index (χ1n) is 5.75. The Morgan fingerprint density at radius 1 is 1.47 bits per heavy atom. The lowest BCUT2D eigenvalue weighted by atomic mass is 10.0. The number of para-hydroxylation sites is 2. The summed E-state index contributed by atoms with van der Waals surface area (Å²) >= 11 is 0. The van der Waals surface area contributed by atoms with Crippen LogP contribution < -0.4 is 9.64 Å². The van der Waals surface area contributed by atoms with E-state index in [2.05, 4.69) is 0 Å². The average molecular weight is 235 g/mol. The number of nitrogens with zero attached hydrogens (tertiary/aromatic N) is 1. The molecule has 1 fully saturated rings. The van der Waals surface area contributed by atoms with Crippen LogP contribution in [0.15, 0.2) is 24.3 Å². The van der Waals surface area contributed by atoms with E-state index in [9.17, 15) is 9.90 Å². The number of aliphatic hydroxyl groups excluding tert-OH is 1. The number of hydrogen-bond acceptors (Lipinski definition) is 3. The average Bonchev–Trinajstić information content (AvgIpc) is 2.64. The first-order valence-corrected chi connectivity index (χ1v) is 5.75. The number of carbonyl (C=O) groups excluding carboxylic acids is 1. The lowest BCUT2D eigenvalue weighted by Crippen LogP contribution is -2.33. The molecule has 0 aliphatic carbocycles. The molecule has 1 aromatic rings. The summed E-state index contributed by atoms with van der Waals surface area (Å²) in [5, 5.41) is 9.24. The maximum Gasteiger partial charge on any atom is 0.227 e. The van der Waals surface area contributed by atoms with E-state index in [4.69, 9.17) is 4.74 Å². The van der Waals surface area contributed by atoms with E-state index in [0.29, 0.717) is 12.2 Å². The highest BCUT2D eigenvalue weighted by Gasteiger charge is 2.38. The van der Waals surface area contributed by atoms with Crippen molar-refractivity contribution >= 4 is 11.6 Å². The summed E-state index contributed by atoms with van der Waals surface area (Å²) in [7, 11) is 1.59. The number of amides is 1. The predicted octanol–water partition coefficient (Wildman–Crippen LogP) is 1.43. The Hall–Kier alpha value is -1.55. The van der Waals surface area contributed by atoms with Crippen molar-refractivity contribution in [2.24, 2.45) is 5.92 Å². The van der Waals surface area contributed by atoms with Crippen molar-refractivity contribution in [1.29, 1.82) is 0 Å². The van der Waals surface area contributed by atoms with Crippen molar-refractivity contribution in [3.05, 3.63) is 24.3 Å². The van der Waals surface area contributed by atoms with Crippen LogP contribution >= 0.6 is 0 Å². The molecule has 92 valence electrons. The summed E-state index contributed by atoms with van der Waals surface area (Å²) in [6.07, 6.45) is 0.399. The fourth-order valence-corrected chi connectivity index (χ4v) is 2.33. The number of methoxy groups -OCH3 is 1. The maximum absolute atomic E-state index is 12.0. The Labute approximate surface area is 101 Å². The van der Waals surface area contributed by atoms with Gasteiger partial charge in [0.15, 0.2) is 0 Å². The second-order valence-corrected chi connectivity index (χ2v) is 4.32. The Morgan fingerprint density at radius 3 is 2.76 bits per heavy atom. The molecule has 2 unspecified atom stereocenters. The zero-order valence-electron chi connectivity index (χ0n) is 10.1. The summed E-state index contributed by atoms with van der Waals surface area (Å²) < 4.78 is 5.27. The highest BCUT2D eigenvalue weighted by molar-refractivity contribution is 5.97. The van der Waals surface area contributed by atoms with Gasteiger partial charge in [0.2, 0.25) is 5.91 Å². The Kier molecular flexibility index (Phi) is 3.33. The first-order chi connectivity index (χ1) is 8.19. The zero-order valence-corrected chi connectivity index (χ0v) is 10.1. The quantitative estimate of drug-likeness (QED) is 0.862. The summed E-state index contributed by atoms with van der Waals surface area (Å²) in [5.41, 5.74) is 0.781. The lowest BCUT2D eigenvalue weighted by molar-refractivity contribution is -0.117. The summed E-state index contributed by atoms with van der Waals surface area (Å²) in [6.45, 7) is 2.00. The number of carbonyl (C=O) groups is 1. The Balaban J connectivity index is 2.36. The Morgan fingerprint density at radius 2 is 2.18 bits per heavy atom. The van der Waals surface area contributed by atoms with Crippen molar-refractivity contribution in [2.75, 3.05) is 18.6 Å². The molecule has 2 atom stereocenters. The van der Waals surface area contributed by atoms with Crippen LogP contribution in [-0.4, -0.2) is 30.8 Å². The molecule has 0 bridgehead atoms. The molecule has 1 N–H and O–H groups in total. The van der Waals surface area contributed by atoms with Gasteiger partial charge in [-0.3, -0.25) is 4.79 Å². The van der Waals surface area contributed by atoms with E-state index in [1.807, 2.05) is 31.2 Å². The fourth-order valence-electron chi connectivity index (χ4n) is 2.33. The Bertz CT molecular complexity index is 419. The lowest BCUT2D eigenvalue weighted by Gasteiger charge is -2.25. The summed E-state index contributed by atoms with van der Waals surface area (Å²) in [6, 6.07) is 7.46. The van der Waals surface area contributed by atoms with Crippen molar-refractivity contribution < 1.29 is 14.6 Å². The molecule has 0 radical (unpaired) electrons. The molecule has 4 heteroatoms. The smallest absolute Gasteiger partial charge is 0.227 e. The van der Waals surface area contributed by atoms with Crippen LogP contribution in [0.3, 0.4) is 0 Å². The third kappa shape index (κ3) is 2.00. The van der Waals surface area contributed by atoms with E-state index in [0.717, 1.165) is 5.69 Å². The standard InChI is InChI=1S/C13H17NO3/c1-9-10(8-15)7-13(16)14(9)11-5-3-4-6-12(11)17-2/h3-6,9-10,15H,7-8H2,1-2H3. The number of ether oxygens (including phenoxy) is 1. The molecule has 1 heterocycles. The van der Waals surface area contributed by atoms with Gasteiger partial charge in [0.25, 0.3) is 0 Å². The van der Waals surface area contributed by atoms with Crippen LogP contribution in [0.5, 0.6) is 5.75 Å². The van der Waals surface area contributed by atoms with Gasteiger partial charge in [-0.2, -0.15) is 0 Å². The zero-order chi connectivity index (χ0) is 12.4. The van der Waals surface area contributed by atoms with Gasteiger partial charge >= 0.3 is 0 Å². The van der Waals surface area contributed by atoms with E-state index < -0.39 is 0 Å². The van der Waals surface area contributed by atoms with Crippen molar-refractivity contribution in [3.8, 4) is 5.75 Å². The molecular weight excluding hydrogens is 218 g/mol. The number of benzene rings is 1. The van der Waals surface area contributed by atoms with Crippen molar-refractivity contribution in [1.82, 2.24) is 0 Å². The molecule has 1 aromatic carbocycles. The molecule has 0 aromatic heterocycles. The summed E-state index contributed by atoms with van der Waals surface area (Å²) in [5.74, 6) is 0.736. The fraction of sp³-hybridized carbons (Fsp3) is 0.462. The minimum atomic E-state index is 0.00352. The van der Waals surface area contributed by atoms with E-state index in [1.54, 1.807) is 12.0 Å².